The number of benzene rings is 2. The minimum absolute atomic E-state index is 0.150. The molecule has 1 aromatic heterocycles. The Morgan fingerprint density at radius 1 is 1.15 bits per heavy atom. The lowest BCUT2D eigenvalue weighted by Crippen LogP contribution is -2.05. The number of ketones is 1. The SMILES string of the molecule is Cc1ccc2c(C(=O)c3ccc(F)cc3N)c[nH]c2c1. The van der Waals surface area contributed by atoms with Crippen molar-refractivity contribution in [2.75, 3.05) is 5.73 Å². The van der Waals surface area contributed by atoms with Crippen LogP contribution in [0.3, 0.4) is 0 Å². The van der Waals surface area contributed by atoms with Gasteiger partial charge in [-0.25, -0.2) is 4.39 Å². The largest absolute Gasteiger partial charge is 0.398 e. The van der Waals surface area contributed by atoms with Crippen LogP contribution >= 0.6 is 0 Å². The lowest BCUT2D eigenvalue weighted by Gasteiger charge is -2.04. The molecule has 3 rings (SSSR count). The van der Waals surface area contributed by atoms with Crippen molar-refractivity contribution in [1.29, 1.82) is 0 Å². The maximum absolute atomic E-state index is 13.1. The molecule has 0 saturated carbocycles. The number of aryl methyl sites for hydroxylation is 1. The summed E-state index contributed by atoms with van der Waals surface area (Å²) in [6.45, 7) is 1.99. The van der Waals surface area contributed by atoms with Gasteiger partial charge < -0.3 is 10.7 Å². The zero-order valence-corrected chi connectivity index (χ0v) is 10.9. The average molecular weight is 268 g/mol. The Bertz CT molecular complexity index is 820. The van der Waals surface area contributed by atoms with Crippen molar-refractivity contribution in [3.63, 3.8) is 0 Å². The molecular weight excluding hydrogens is 255 g/mol. The molecule has 20 heavy (non-hydrogen) atoms. The summed E-state index contributed by atoms with van der Waals surface area (Å²) in [5.41, 5.74) is 8.74. The predicted molar refractivity (Wildman–Crippen MR) is 77.3 cm³/mol. The standard InChI is InChI=1S/C16H13FN2O/c1-9-2-4-11-13(8-19-15(11)6-9)16(20)12-5-3-10(17)7-14(12)18/h2-8,19H,18H2,1H3. The third-order valence-electron chi connectivity index (χ3n) is 3.34. The van der Waals surface area contributed by atoms with Gasteiger partial charge in [-0.1, -0.05) is 12.1 Å². The highest BCUT2D eigenvalue weighted by molar-refractivity contribution is 6.18. The van der Waals surface area contributed by atoms with Gasteiger partial charge in [0.2, 0.25) is 0 Å². The van der Waals surface area contributed by atoms with Crippen LogP contribution in [0.5, 0.6) is 0 Å². The summed E-state index contributed by atoms with van der Waals surface area (Å²) < 4.78 is 13.1. The van der Waals surface area contributed by atoms with Gasteiger partial charge in [-0.2, -0.15) is 0 Å². The monoisotopic (exact) mass is 268 g/mol. The number of anilines is 1. The van der Waals surface area contributed by atoms with E-state index in [2.05, 4.69) is 4.98 Å². The fourth-order valence-corrected chi connectivity index (χ4v) is 2.31. The number of fused-ring (bicyclic) bond motifs is 1. The molecule has 4 heteroatoms. The Morgan fingerprint density at radius 3 is 2.70 bits per heavy atom. The fraction of sp³-hybridized carbons (Fsp3) is 0.0625. The smallest absolute Gasteiger partial charge is 0.197 e. The number of carbonyl (C=O) groups is 1. The van der Waals surface area contributed by atoms with Gasteiger partial charge >= 0.3 is 0 Å². The average Bonchev–Trinajstić information content (AvgIpc) is 2.80. The van der Waals surface area contributed by atoms with E-state index in [-0.39, 0.29) is 11.5 Å². The van der Waals surface area contributed by atoms with Crippen LogP contribution in [0.2, 0.25) is 0 Å². The number of H-pyrrole nitrogens is 1. The Balaban J connectivity index is 2.13. The molecule has 0 amide bonds. The van der Waals surface area contributed by atoms with E-state index in [1.54, 1.807) is 6.20 Å². The van der Waals surface area contributed by atoms with Crippen LogP contribution in [-0.4, -0.2) is 10.8 Å². The van der Waals surface area contributed by atoms with Gasteiger partial charge in [0.25, 0.3) is 0 Å². The van der Waals surface area contributed by atoms with Gasteiger partial charge in [0.05, 0.1) is 0 Å². The molecule has 3 aromatic rings. The number of nitrogens with one attached hydrogen (secondary N) is 1. The summed E-state index contributed by atoms with van der Waals surface area (Å²) in [6, 6.07) is 9.63. The van der Waals surface area contributed by atoms with Crippen LogP contribution in [0, 0.1) is 12.7 Å². The molecule has 1 heterocycles. The van der Waals surface area contributed by atoms with Crippen molar-refractivity contribution in [3.8, 4) is 0 Å². The highest BCUT2D eigenvalue weighted by atomic mass is 19.1. The second kappa shape index (κ2) is 4.49. The molecule has 100 valence electrons. The van der Waals surface area contributed by atoms with E-state index >= 15 is 0 Å². The molecular formula is C16H13FN2O. The van der Waals surface area contributed by atoms with E-state index in [4.69, 9.17) is 5.73 Å². The highest BCUT2D eigenvalue weighted by Crippen LogP contribution is 2.24. The molecule has 0 atom stereocenters. The van der Waals surface area contributed by atoms with Gasteiger partial charge in [-0.05, 0) is 36.8 Å². The van der Waals surface area contributed by atoms with Gasteiger partial charge in [0.15, 0.2) is 5.78 Å². The van der Waals surface area contributed by atoms with Crippen molar-refractivity contribution >= 4 is 22.4 Å². The number of nitrogens with two attached hydrogens (primary N) is 1. The molecule has 0 unspecified atom stereocenters. The minimum atomic E-state index is -0.450. The van der Waals surface area contributed by atoms with Crippen molar-refractivity contribution in [2.24, 2.45) is 0 Å². The summed E-state index contributed by atoms with van der Waals surface area (Å²) in [5.74, 6) is -0.661. The summed E-state index contributed by atoms with van der Waals surface area (Å²) in [5, 5.41) is 0.837. The topological polar surface area (TPSA) is 58.9 Å². The highest BCUT2D eigenvalue weighted by Gasteiger charge is 2.16. The van der Waals surface area contributed by atoms with Crippen LogP contribution in [0.15, 0.2) is 42.6 Å². The molecule has 0 aliphatic heterocycles. The molecule has 0 bridgehead atoms. The lowest BCUT2D eigenvalue weighted by molar-refractivity contribution is 0.104. The summed E-state index contributed by atoms with van der Waals surface area (Å²) in [4.78, 5) is 15.6. The van der Waals surface area contributed by atoms with Gasteiger partial charge in [0, 0.05) is 33.9 Å². The molecule has 0 saturated heterocycles. The number of hydrogen-bond acceptors (Lipinski definition) is 2. The zero-order valence-electron chi connectivity index (χ0n) is 10.9. The minimum Gasteiger partial charge on any atom is -0.398 e. The van der Waals surface area contributed by atoms with Crippen molar-refractivity contribution in [2.45, 2.75) is 6.92 Å². The van der Waals surface area contributed by atoms with Crippen LogP contribution in [0.1, 0.15) is 21.5 Å². The van der Waals surface area contributed by atoms with Crippen LogP contribution < -0.4 is 5.73 Å². The maximum atomic E-state index is 13.1. The summed E-state index contributed by atoms with van der Waals surface area (Å²) >= 11 is 0. The third kappa shape index (κ3) is 1.95. The maximum Gasteiger partial charge on any atom is 0.197 e. The van der Waals surface area contributed by atoms with Crippen LogP contribution in [0.25, 0.3) is 10.9 Å². The molecule has 0 aliphatic carbocycles. The number of aromatic amines is 1. The number of halogens is 1. The van der Waals surface area contributed by atoms with E-state index in [9.17, 15) is 9.18 Å². The Morgan fingerprint density at radius 2 is 1.95 bits per heavy atom. The number of aromatic nitrogens is 1. The second-order valence-corrected chi connectivity index (χ2v) is 4.81. The normalized spacial score (nSPS) is 10.9. The molecule has 0 fully saturated rings. The fourth-order valence-electron chi connectivity index (χ4n) is 2.31. The van der Waals surface area contributed by atoms with Crippen molar-refractivity contribution in [1.82, 2.24) is 4.98 Å². The molecule has 2 aromatic carbocycles. The quantitative estimate of drug-likeness (QED) is 0.552. The Kier molecular flexibility index (Phi) is 2.79. The molecule has 3 N–H and O–H groups in total. The Labute approximate surface area is 115 Å². The lowest BCUT2D eigenvalue weighted by atomic mass is 10.0. The van der Waals surface area contributed by atoms with Gasteiger partial charge in [-0.3, -0.25) is 4.79 Å². The summed E-state index contributed by atoms with van der Waals surface area (Å²) in [7, 11) is 0. The van der Waals surface area contributed by atoms with Crippen molar-refractivity contribution < 1.29 is 9.18 Å². The predicted octanol–water partition coefficient (Wildman–Crippen LogP) is 3.43. The van der Waals surface area contributed by atoms with E-state index in [0.717, 1.165) is 22.5 Å². The summed E-state index contributed by atoms with van der Waals surface area (Å²) in [6.07, 6.45) is 1.66. The van der Waals surface area contributed by atoms with E-state index in [1.807, 2.05) is 25.1 Å². The number of nitrogen functional groups attached to an aromatic ring is 1. The molecule has 0 spiro atoms. The molecule has 0 radical (unpaired) electrons. The molecule has 0 aliphatic rings. The first-order chi connectivity index (χ1) is 9.56. The number of rotatable bonds is 2. The van der Waals surface area contributed by atoms with Crippen LogP contribution in [0.4, 0.5) is 10.1 Å². The first kappa shape index (κ1) is 12.4. The number of hydrogen-bond donors (Lipinski definition) is 2. The van der Waals surface area contributed by atoms with Gasteiger partial charge in [-0.15, -0.1) is 0 Å². The third-order valence-corrected chi connectivity index (χ3v) is 3.34. The second-order valence-electron chi connectivity index (χ2n) is 4.81. The van der Waals surface area contributed by atoms with E-state index in [1.165, 1.54) is 12.1 Å². The van der Waals surface area contributed by atoms with E-state index < -0.39 is 5.82 Å². The van der Waals surface area contributed by atoms with E-state index in [0.29, 0.717) is 11.1 Å². The van der Waals surface area contributed by atoms with Crippen molar-refractivity contribution in [3.05, 3.63) is 65.1 Å². The molecule has 3 nitrogen and oxygen atoms in total. The van der Waals surface area contributed by atoms with Crippen LogP contribution in [-0.2, 0) is 0 Å². The first-order valence-corrected chi connectivity index (χ1v) is 6.24. The van der Waals surface area contributed by atoms with Gasteiger partial charge in [0.1, 0.15) is 5.82 Å². The first-order valence-electron chi connectivity index (χ1n) is 6.24. The zero-order chi connectivity index (χ0) is 14.3. The number of carbonyl (C=O) groups excluding carboxylic acids is 1. The Hall–Kier alpha value is -2.62.